The number of carbonyl (C=O) groups excluding carboxylic acids is 3. The van der Waals surface area contributed by atoms with E-state index < -0.39 is 16.8 Å². The monoisotopic (exact) mass is 648 g/mol. The predicted octanol–water partition coefficient (Wildman–Crippen LogP) is 3.26. The molecular weight excluding hydrogens is 620 g/mol. The Bertz CT molecular complexity index is 1780. The molecule has 3 aliphatic heterocycles. The lowest BCUT2D eigenvalue weighted by Gasteiger charge is -2.43. The van der Waals surface area contributed by atoms with Crippen LogP contribution in [0.1, 0.15) is 22.8 Å². The van der Waals surface area contributed by atoms with Gasteiger partial charge in [-0.25, -0.2) is 0 Å². The van der Waals surface area contributed by atoms with Gasteiger partial charge in [0.2, 0.25) is 11.8 Å². The minimum absolute atomic E-state index is 0.000933. The minimum Gasteiger partial charge on any atom is -0.484 e. The molecule has 7 atom stereocenters. The fourth-order valence-electron chi connectivity index (χ4n) is 8.21. The van der Waals surface area contributed by atoms with Crippen molar-refractivity contribution in [3.8, 4) is 5.75 Å². The molecule has 1 N–H and O–H groups in total. The summed E-state index contributed by atoms with van der Waals surface area (Å²) in [4.78, 5) is 70.5. The first-order valence-electron chi connectivity index (χ1n) is 14.9. The number of hydrogen-bond donors (Lipinski definition) is 1. The number of thiazole rings is 1. The van der Waals surface area contributed by atoms with E-state index >= 15 is 0 Å². The van der Waals surface area contributed by atoms with Gasteiger partial charge < -0.3 is 19.4 Å². The number of nitro groups is 1. The van der Waals surface area contributed by atoms with E-state index in [0.717, 1.165) is 21.9 Å². The summed E-state index contributed by atoms with van der Waals surface area (Å²) in [6.07, 6.45) is 0.739. The predicted molar refractivity (Wildman–Crippen MR) is 163 cm³/mol. The van der Waals surface area contributed by atoms with Crippen LogP contribution in [0.2, 0.25) is 0 Å². The fraction of sp³-hybridized carbons (Fsp3) is 0.419. The number of imide groups is 1. The normalized spacial score (nSPS) is 29.8. The van der Waals surface area contributed by atoms with Gasteiger partial charge in [-0.1, -0.05) is 23.5 Å². The number of aromatic amines is 1. The van der Waals surface area contributed by atoms with E-state index in [9.17, 15) is 29.3 Å². The first-order valence-corrected chi connectivity index (χ1v) is 16.6. The number of aromatic nitrogens is 1. The molecule has 14 heteroatoms. The van der Waals surface area contributed by atoms with Crippen LogP contribution in [0, 0.1) is 39.7 Å². The molecule has 3 aromatic rings. The molecule has 0 spiro atoms. The molecule has 12 nitrogen and oxygen atoms in total. The number of nitrogens with one attached hydrogen (secondary N) is 1. The number of H-pyrrole nitrogens is 1. The molecule has 2 saturated heterocycles. The molecule has 4 fully saturated rings. The van der Waals surface area contributed by atoms with Crippen LogP contribution in [0.25, 0.3) is 0 Å². The van der Waals surface area contributed by atoms with Crippen molar-refractivity contribution in [1.29, 1.82) is 0 Å². The van der Waals surface area contributed by atoms with Crippen molar-refractivity contribution >= 4 is 52.2 Å². The quantitative estimate of drug-likeness (QED) is 0.241. The van der Waals surface area contributed by atoms with Crippen LogP contribution in [0.15, 0.2) is 58.4 Å². The van der Waals surface area contributed by atoms with Gasteiger partial charge in [0, 0.05) is 41.3 Å². The summed E-state index contributed by atoms with van der Waals surface area (Å²) in [5.41, 5.74) is 1.17. The number of rotatable bonds is 6. The van der Waals surface area contributed by atoms with Crippen LogP contribution in [0.3, 0.4) is 0 Å². The molecule has 2 saturated carbocycles. The van der Waals surface area contributed by atoms with Gasteiger partial charge in [0.15, 0.2) is 6.61 Å². The van der Waals surface area contributed by atoms with Crippen LogP contribution in [0.5, 0.6) is 5.75 Å². The fourth-order valence-corrected chi connectivity index (χ4v) is 11.1. The number of thioether (sulfide) groups is 1. The number of hydrogen-bond acceptors (Lipinski definition) is 10. The summed E-state index contributed by atoms with van der Waals surface area (Å²) in [5, 5.41) is 12.0. The van der Waals surface area contributed by atoms with E-state index in [1.54, 1.807) is 16.7 Å². The highest BCUT2D eigenvalue weighted by Crippen LogP contribution is 2.68. The number of nitro benzene ring substituents is 1. The van der Waals surface area contributed by atoms with Crippen molar-refractivity contribution in [2.24, 2.45) is 29.6 Å². The number of benzene rings is 2. The summed E-state index contributed by atoms with van der Waals surface area (Å²) >= 11 is 2.78. The van der Waals surface area contributed by atoms with Crippen LogP contribution in [-0.2, 0) is 19.1 Å². The van der Waals surface area contributed by atoms with Gasteiger partial charge in [0.1, 0.15) is 5.75 Å². The van der Waals surface area contributed by atoms with Gasteiger partial charge in [0.05, 0.1) is 40.7 Å². The van der Waals surface area contributed by atoms with Gasteiger partial charge in [-0.05, 0) is 54.0 Å². The first kappa shape index (κ1) is 28.5. The lowest BCUT2D eigenvalue weighted by Crippen LogP contribution is -2.43. The average Bonchev–Trinajstić information content (AvgIpc) is 3.79. The third-order valence-electron chi connectivity index (χ3n) is 9.99. The zero-order valence-corrected chi connectivity index (χ0v) is 25.5. The molecule has 0 radical (unpaired) electrons. The van der Waals surface area contributed by atoms with Gasteiger partial charge in [-0.15, -0.1) is 11.8 Å². The maximum atomic E-state index is 14.0. The van der Waals surface area contributed by atoms with Gasteiger partial charge in [-0.3, -0.25) is 34.2 Å². The van der Waals surface area contributed by atoms with Crippen molar-refractivity contribution in [2.75, 3.05) is 37.8 Å². The lowest BCUT2D eigenvalue weighted by atomic mass is 9.68. The summed E-state index contributed by atoms with van der Waals surface area (Å²) in [7, 11) is 0. The second-order valence-corrected chi connectivity index (χ2v) is 14.3. The smallest absolute Gasteiger partial charge is 0.305 e. The Kier molecular flexibility index (Phi) is 6.84. The second-order valence-electron chi connectivity index (χ2n) is 12.1. The third kappa shape index (κ3) is 4.52. The Hall–Kier alpha value is -4.01. The molecule has 2 bridgehead atoms. The average molecular weight is 649 g/mol. The number of anilines is 1. The standard InChI is InChI=1S/C31H28N4O8S2/c36-21(33-8-10-42-11-9-33)14-43-18-3-1-2-15(12-18)22-23-19-13-20(26(23)44-28-27(22)45-31(39)32-28)25-24(19)29(37)34(30(25)38)16-4-6-17(7-5-16)35(40)41/h1-7,12,19-20,22-26H,8-11,13-14H2,(H,32,39)/t19-,20-,22-,23?,24?,25?,26?/m1/s1. The molecule has 3 amide bonds. The van der Waals surface area contributed by atoms with Gasteiger partial charge >= 0.3 is 4.87 Å². The Morgan fingerprint density at radius 1 is 1.04 bits per heavy atom. The molecule has 4 unspecified atom stereocenters. The summed E-state index contributed by atoms with van der Waals surface area (Å²) < 4.78 is 11.3. The highest BCUT2D eigenvalue weighted by molar-refractivity contribution is 8.00. The molecule has 8 rings (SSSR count). The van der Waals surface area contributed by atoms with E-state index in [2.05, 4.69) is 4.98 Å². The first-order chi connectivity index (χ1) is 21.8. The third-order valence-corrected chi connectivity index (χ3v) is 12.6. The van der Waals surface area contributed by atoms with E-state index in [4.69, 9.17) is 9.47 Å². The number of amides is 3. The molecule has 232 valence electrons. The summed E-state index contributed by atoms with van der Waals surface area (Å²) in [5.74, 6) is -1.38. The Balaban J connectivity index is 1.10. The topological polar surface area (TPSA) is 152 Å². The second kappa shape index (κ2) is 10.8. The van der Waals surface area contributed by atoms with Crippen molar-refractivity contribution in [1.82, 2.24) is 9.88 Å². The van der Waals surface area contributed by atoms with Crippen molar-refractivity contribution in [3.05, 3.63) is 78.8 Å². The number of carbonyl (C=O) groups is 3. The molecular formula is C31H28N4O8S2. The zero-order chi connectivity index (χ0) is 31.0. The Morgan fingerprint density at radius 3 is 2.51 bits per heavy atom. The van der Waals surface area contributed by atoms with Crippen molar-refractivity contribution < 1.29 is 28.8 Å². The largest absolute Gasteiger partial charge is 0.484 e. The lowest BCUT2D eigenvalue weighted by molar-refractivity contribution is -0.384. The van der Waals surface area contributed by atoms with Crippen LogP contribution in [0.4, 0.5) is 11.4 Å². The highest BCUT2D eigenvalue weighted by Gasteiger charge is 2.69. The Labute approximate surface area is 264 Å². The highest BCUT2D eigenvalue weighted by atomic mass is 32.2. The van der Waals surface area contributed by atoms with Crippen molar-refractivity contribution in [2.45, 2.75) is 22.6 Å². The summed E-state index contributed by atoms with van der Waals surface area (Å²) in [6, 6.07) is 13.1. The minimum atomic E-state index is -0.514. The maximum absolute atomic E-state index is 14.0. The molecule has 2 aromatic carbocycles. The SMILES string of the molecule is O=C(COc1cccc([C@H]2c3sc(=O)[nH]c3SC3C2[C@H]2C[C@@H]3C3C(=O)N(c4ccc([N+](=O)[O-])cc4)C(=O)C32)c1)N1CCOCC1. The molecule has 4 heterocycles. The number of fused-ring (bicyclic) bond motifs is 9. The van der Waals surface area contributed by atoms with Gasteiger partial charge in [0.25, 0.3) is 11.6 Å². The maximum Gasteiger partial charge on any atom is 0.305 e. The zero-order valence-electron chi connectivity index (χ0n) is 23.8. The van der Waals surface area contributed by atoms with E-state index in [0.29, 0.717) is 37.7 Å². The number of ether oxygens (including phenoxy) is 2. The van der Waals surface area contributed by atoms with E-state index in [-0.39, 0.29) is 63.8 Å². The van der Waals surface area contributed by atoms with E-state index in [1.165, 1.54) is 40.5 Å². The van der Waals surface area contributed by atoms with Crippen LogP contribution >= 0.6 is 23.1 Å². The summed E-state index contributed by atoms with van der Waals surface area (Å²) in [6.45, 7) is 1.99. The number of morpholine rings is 1. The number of non-ortho nitro benzene ring substituents is 1. The molecule has 5 aliphatic rings. The molecule has 1 aromatic heterocycles. The van der Waals surface area contributed by atoms with Crippen LogP contribution < -0.4 is 14.5 Å². The molecule has 45 heavy (non-hydrogen) atoms. The number of nitrogens with zero attached hydrogens (tertiary/aromatic N) is 3. The Morgan fingerprint density at radius 2 is 1.78 bits per heavy atom. The molecule has 2 aliphatic carbocycles. The van der Waals surface area contributed by atoms with Crippen molar-refractivity contribution in [3.63, 3.8) is 0 Å². The van der Waals surface area contributed by atoms with Crippen LogP contribution in [-0.4, -0.2) is 70.7 Å². The van der Waals surface area contributed by atoms with Gasteiger partial charge in [-0.2, -0.15) is 0 Å². The van der Waals surface area contributed by atoms with E-state index in [1.807, 2.05) is 24.3 Å².